The Bertz CT molecular complexity index is 1000. The highest BCUT2D eigenvalue weighted by Crippen LogP contribution is 2.26. The molecule has 0 bridgehead atoms. The number of fused-ring (bicyclic) bond motifs is 1. The molecular formula is C24H29ClN4O3. The van der Waals surface area contributed by atoms with E-state index in [1.807, 2.05) is 42.5 Å². The van der Waals surface area contributed by atoms with E-state index in [2.05, 4.69) is 19.6 Å². The number of methoxy groups -OCH3 is 1. The first-order valence-corrected chi connectivity index (χ1v) is 11.0. The molecule has 0 aliphatic carbocycles. The molecule has 1 aromatic carbocycles. The summed E-state index contributed by atoms with van der Waals surface area (Å²) in [5, 5.41) is 0.669. The molecule has 1 aliphatic heterocycles. The third-order valence-corrected chi connectivity index (χ3v) is 5.82. The molecule has 1 saturated heterocycles. The van der Waals surface area contributed by atoms with E-state index in [0.29, 0.717) is 29.9 Å². The maximum absolute atomic E-state index is 9.76. The molecule has 3 heterocycles. The van der Waals surface area contributed by atoms with Gasteiger partial charge in [0, 0.05) is 30.9 Å². The number of halogens is 1. The van der Waals surface area contributed by atoms with Crippen molar-refractivity contribution in [3.8, 4) is 5.88 Å². The summed E-state index contributed by atoms with van der Waals surface area (Å²) in [6, 6.07) is 13.3. The lowest BCUT2D eigenvalue weighted by molar-refractivity contribution is -0.129. The number of aromatic nitrogens is 2. The summed E-state index contributed by atoms with van der Waals surface area (Å²) in [7, 11) is 1.61. The van der Waals surface area contributed by atoms with Gasteiger partial charge in [0.15, 0.2) is 0 Å². The van der Waals surface area contributed by atoms with E-state index in [1.165, 1.54) is 6.42 Å². The number of hydrogen-bond acceptors (Lipinski definition) is 7. The molecule has 32 heavy (non-hydrogen) atoms. The van der Waals surface area contributed by atoms with Crippen molar-refractivity contribution in [2.75, 3.05) is 33.3 Å². The molecule has 3 aromatic rings. The summed E-state index contributed by atoms with van der Waals surface area (Å²) in [5.74, 6) is 1.21. The lowest BCUT2D eigenvalue weighted by Gasteiger charge is -2.16. The summed E-state index contributed by atoms with van der Waals surface area (Å²) < 4.78 is 9.76. The third kappa shape index (κ3) is 6.63. The van der Waals surface area contributed by atoms with Crippen molar-refractivity contribution in [2.45, 2.75) is 19.4 Å². The first-order chi connectivity index (χ1) is 15.6. The van der Waals surface area contributed by atoms with E-state index in [4.69, 9.17) is 22.1 Å². The fraction of sp³-hybridized carbons (Fsp3) is 0.375. The molecule has 8 heteroatoms. The second kappa shape index (κ2) is 12.3. The molecule has 7 nitrogen and oxygen atoms in total. The van der Waals surface area contributed by atoms with Crippen molar-refractivity contribution in [3.63, 3.8) is 0 Å². The van der Waals surface area contributed by atoms with Crippen LogP contribution < -0.4 is 10.5 Å². The van der Waals surface area contributed by atoms with Gasteiger partial charge in [-0.25, -0.2) is 4.98 Å². The van der Waals surface area contributed by atoms with Crippen molar-refractivity contribution in [1.82, 2.24) is 14.9 Å². The van der Waals surface area contributed by atoms with Gasteiger partial charge in [-0.3, -0.25) is 9.78 Å². The van der Waals surface area contributed by atoms with Crippen LogP contribution in [-0.4, -0.2) is 54.6 Å². The van der Waals surface area contributed by atoms with Crippen LogP contribution in [0.4, 0.5) is 0 Å². The monoisotopic (exact) mass is 456 g/mol. The second-order valence-electron chi connectivity index (χ2n) is 7.64. The van der Waals surface area contributed by atoms with Crippen molar-refractivity contribution in [2.24, 2.45) is 11.7 Å². The van der Waals surface area contributed by atoms with Gasteiger partial charge in [-0.05, 0) is 43.5 Å². The van der Waals surface area contributed by atoms with Crippen LogP contribution in [-0.2, 0) is 22.6 Å². The van der Waals surface area contributed by atoms with Crippen molar-refractivity contribution >= 4 is 29.1 Å². The predicted octanol–water partition coefficient (Wildman–Crippen LogP) is 3.47. The lowest BCUT2D eigenvalue weighted by atomic mass is 10.1. The topological polar surface area (TPSA) is 90.6 Å². The van der Waals surface area contributed by atoms with Crippen LogP contribution >= 0.6 is 11.6 Å². The van der Waals surface area contributed by atoms with Crippen LogP contribution in [0.1, 0.15) is 17.5 Å². The molecule has 0 radical (unpaired) electrons. The van der Waals surface area contributed by atoms with Crippen LogP contribution in [0, 0.1) is 5.92 Å². The molecule has 4 rings (SSSR count). The highest BCUT2D eigenvalue weighted by Gasteiger charge is 2.21. The van der Waals surface area contributed by atoms with E-state index in [1.54, 1.807) is 13.3 Å². The van der Waals surface area contributed by atoms with Gasteiger partial charge in [0.2, 0.25) is 5.88 Å². The second-order valence-corrected chi connectivity index (χ2v) is 8.05. The highest BCUT2D eigenvalue weighted by atomic mass is 35.5. The van der Waals surface area contributed by atoms with Crippen LogP contribution in [0.25, 0.3) is 11.0 Å². The van der Waals surface area contributed by atoms with Crippen molar-refractivity contribution in [3.05, 3.63) is 64.8 Å². The molecule has 1 atom stereocenters. The number of carbonyl (C=O) groups excluding carboxylic acids is 1. The van der Waals surface area contributed by atoms with Crippen molar-refractivity contribution in [1.29, 1.82) is 0 Å². The zero-order valence-corrected chi connectivity index (χ0v) is 19.0. The molecular weight excluding hydrogens is 428 g/mol. The number of hydrogen-bond donors (Lipinski definition) is 1. The van der Waals surface area contributed by atoms with Gasteiger partial charge in [0.1, 0.15) is 6.61 Å². The Balaban J connectivity index is 0.000000243. The van der Waals surface area contributed by atoms with Gasteiger partial charge in [-0.1, -0.05) is 41.9 Å². The highest BCUT2D eigenvalue weighted by molar-refractivity contribution is 6.32. The van der Waals surface area contributed by atoms with E-state index in [-0.39, 0.29) is 0 Å². The number of benzene rings is 1. The summed E-state index contributed by atoms with van der Waals surface area (Å²) in [5.41, 5.74) is 9.49. The fourth-order valence-electron chi connectivity index (χ4n) is 3.71. The first kappa shape index (κ1) is 23.9. The number of rotatable bonds is 8. The number of ether oxygens (including phenoxy) is 2. The Hall–Kier alpha value is -2.74. The Kier molecular flexibility index (Phi) is 9.22. The minimum Gasteiger partial charge on any atom is -0.481 e. The van der Waals surface area contributed by atoms with Gasteiger partial charge >= 0.3 is 0 Å². The largest absolute Gasteiger partial charge is 0.481 e. The molecule has 0 spiro atoms. The molecule has 1 unspecified atom stereocenters. The summed E-state index contributed by atoms with van der Waals surface area (Å²) >= 11 is 6.36. The summed E-state index contributed by atoms with van der Waals surface area (Å²) in [4.78, 5) is 21.1. The van der Waals surface area contributed by atoms with Crippen LogP contribution in [0.2, 0.25) is 5.02 Å². The molecule has 170 valence electrons. The number of nitrogens with two attached hydrogens (primary N) is 1. The van der Waals surface area contributed by atoms with Gasteiger partial charge in [0.25, 0.3) is 6.47 Å². The standard InChI is InChI=1S/C16H21ClN4O.C8H8O2/c1-22-15-3-2-14-16(20-15)12(13(17)9-19-14)5-7-21-6-4-11(8-18)10-21;9-7-10-6-8-4-2-1-3-5-8/h2-3,9,11H,4-8,10,18H2,1H3;1-5,7H,6H2. The Morgan fingerprint density at radius 2 is 2.06 bits per heavy atom. The lowest BCUT2D eigenvalue weighted by Crippen LogP contribution is -2.25. The van der Waals surface area contributed by atoms with E-state index < -0.39 is 0 Å². The SMILES string of the molecule is COc1ccc2ncc(Cl)c(CCN3CCC(CN)C3)c2n1.O=COCc1ccccc1. The summed E-state index contributed by atoms with van der Waals surface area (Å²) in [6.45, 7) is 4.74. The van der Waals surface area contributed by atoms with Gasteiger partial charge in [0.05, 0.1) is 23.2 Å². The molecule has 2 aromatic heterocycles. The fourth-order valence-corrected chi connectivity index (χ4v) is 3.94. The molecule has 1 aliphatic rings. The van der Waals surface area contributed by atoms with Crippen LogP contribution in [0.3, 0.4) is 0 Å². The predicted molar refractivity (Wildman–Crippen MR) is 126 cm³/mol. The van der Waals surface area contributed by atoms with Crippen LogP contribution in [0.5, 0.6) is 5.88 Å². The maximum atomic E-state index is 9.76. The number of pyridine rings is 2. The Morgan fingerprint density at radius 1 is 1.25 bits per heavy atom. The van der Waals surface area contributed by atoms with Gasteiger partial charge in [-0.15, -0.1) is 0 Å². The molecule has 0 amide bonds. The third-order valence-electron chi connectivity index (χ3n) is 5.49. The minimum absolute atomic E-state index is 0.365. The number of carbonyl (C=O) groups is 1. The summed E-state index contributed by atoms with van der Waals surface area (Å²) in [6.07, 6.45) is 3.75. The van der Waals surface area contributed by atoms with Crippen molar-refractivity contribution < 1.29 is 14.3 Å². The smallest absolute Gasteiger partial charge is 0.293 e. The zero-order chi connectivity index (χ0) is 22.8. The molecule has 1 fully saturated rings. The average molecular weight is 457 g/mol. The average Bonchev–Trinajstić information content (AvgIpc) is 3.31. The zero-order valence-electron chi connectivity index (χ0n) is 18.2. The quantitative estimate of drug-likeness (QED) is 0.519. The van der Waals surface area contributed by atoms with E-state index >= 15 is 0 Å². The van der Waals surface area contributed by atoms with Gasteiger partial charge < -0.3 is 20.1 Å². The maximum Gasteiger partial charge on any atom is 0.293 e. The number of likely N-dealkylation sites (tertiary alicyclic amines) is 1. The van der Waals surface area contributed by atoms with E-state index in [0.717, 1.165) is 54.8 Å². The normalized spacial score (nSPS) is 15.8. The first-order valence-electron chi connectivity index (χ1n) is 10.6. The van der Waals surface area contributed by atoms with Crippen LogP contribution in [0.15, 0.2) is 48.7 Å². The van der Waals surface area contributed by atoms with Gasteiger partial charge in [-0.2, -0.15) is 0 Å². The minimum atomic E-state index is 0.365. The van der Waals surface area contributed by atoms with E-state index in [9.17, 15) is 4.79 Å². The molecule has 0 saturated carbocycles. The Labute approximate surface area is 193 Å². The Morgan fingerprint density at radius 3 is 2.75 bits per heavy atom. The molecule has 2 N–H and O–H groups in total. The number of nitrogens with zero attached hydrogens (tertiary/aromatic N) is 3.